The first kappa shape index (κ1) is 21.9. The Kier molecular flexibility index (Phi) is 6.32. The van der Waals surface area contributed by atoms with E-state index in [1.165, 1.54) is 37.7 Å². The van der Waals surface area contributed by atoms with Gasteiger partial charge in [0, 0.05) is 13.6 Å². The van der Waals surface area contributed by atoms with Gasteiger partial charge < -0.3 is 21.3 Å². The summed E-state index contributed by atoms with van der Waals surface area (Å²) < 4.78 is 0. The molecule has 5 heteroatoms. The largest absolute Gasteiger partial charge is 0.390 e. The van der Waals surface area contributed by atoms with E-state index in [1.54, 1.807) is 7.05 Å². The van der Waals surface area contributed by atoms with Crippen LogP contribution in [-0.2, 0) is 0 Å². The van der Waals surface area contributed by atoms with Crippen LogP contribution < -0.4 is 11.1 Å². The average molecular weight is 416 g/mol. The molecule has 4 aliphatic carbocycles. The fourth-order valence-electron chi connectivity index (χ4n) is 7.23. The number of allylic oxidation sites excluding steroid dienone is 2. The van der Waals surface area contributed by atoms with Crippen molar-refractivity contribution in [1.82, 2.24) is 5.32 Å². The first-order valence-corrected chi connectivity index (χ1v) is 12.1. The molecule has 0 aromatic heterocycles. The average Bonchev–Trinajstić information content (AvgIpc) is 3.04. The number of fused-ring (bicyclic) bond motifs is 4. The van der Waals surface area contributed by atoms with Crippen molar-refractivity contribution in [2.75, 3.05) is 13.6 Å². The van der Waals surface area contributed by atoms with E-state index in [9.17, 15) is 10.2 Å². The highest BCUT2D eigenvalue weighted by atomic mass is 16.3. The first-order chi connectivity index (χ1) is 14.4. The number of aliphatic hydroxyl groups is 2. The normalized spacial score (nSPS) is 41.9. The van der Waals surface area contributed by atoms with Crippen molar-refractivity contribution in [1.29, 1.82) is 0 Å². The summed E-state index contributed by atoms with van der Waals surface area (Å²) in [6.45, 7) is 5.24. The molecule has 5 N–H and O–H groups in total. The lowest BCUT2D eigenvalue weighted by Crippen LogP contribution is -2.46. The topological polar surface area (TPSA) is 90.9 Å². The van der Waals surface area contributed by atoms with E-state index in [0.717, 1.165) is 32.1 Å². The van der Waals surface area contributed by atoms with Gasteiger partial charge in [0.05, 0.1) is 11.2 Å². The summed E-state index contributed by atoms with van der Waals surface area (Å²) in [5, 5.41) is 26.6. The number of hydrogen-bond donors (Lipinski definition) is 4. The van der Waals surface area contributed by atoms with Crippen molar-refractivity contribution in [3.63, 3.8) is 0 Å². The minimum absolute atomic E-state index is 0.110. The minimum Gasteiger partial charge on any atom is -0.390 e. The molecule has 2 bridgehead atoms. The Balaban J connectivity index is 1.57. The maximum absolute atomic E-state index is 11.8. The Morgan fingerprint density at radius 2 is 1.97 bits per heavy atom. The van der Waals surface area contributed by atoms with Gasteiger partial charge in [-0.05, 0) is 81.0 Å². The molecule has 6 unspecified atom stereocenters. The highest BCUT2D eigenvalue weighted by molar-refractivity contribution is 5.77. The number of nitrogens with two attached hydrogens (primary N) is 1. The number of hydrogen-bond acceptors (Lipinski definition) is 3. The van der Waals surface area contributed by atoms with Crippen LogP contribution in [0.2, 0.25) is 0 Å². The van der Waals surface area contributed by atoms with Crippen LogP contribution in [0, 0.1) is 29.6 Å². The second-order valence-corrected chi connectivity index (χ2v) is 10.5. The van der Waals surface area contributed by atoms with E-state index < -0.39 is 11.2 Å². The second kappa shape index (κ2) is 8.66. The molecule has 0 aliphatic heterocycles. The Morgan fingerprint density at radius 3 is 2.70 bits per heavy atom. The van der Waals surface area contributed by atoms with Crippen LogP contribution in [0.3, 0.4) is 0 Å². The fourth-order valence-corrected chi connectivity index (χ4v) is 7.23. The third kappa shape index (κ3) is 4.08. The van der Waals surface area contributed by atoms with E-state index in [1.807, 2.05) is 0 Å². The van der Waals surface area contributed by atoms with E-state index in [-0.39, 0.29) is 11.8 Å². The van der Waals surface area contributed by atoms with Crippen LogP contribution in [0.25, 0.3) is 0 Å². The lowest BCUT2D eigenvalue weighted by atomic mass is 9.69. The molecule has 6 atom stereocenters. The minimum atomic E-state index is -0.760. The summed E-state index contributed by atoms with van der Waals surface area (Å²) in [7, 11) is 1.66. The second-order valence-electron chi connectivity index (χ2n) is 10.5. The highest BCUT2D eigenvalue weighted by Gasteiger charge is 2.58. The molecule has 168 valence electrons. The SMILES string of the molecule is C=C(C1CCCCC1)C1CC2C(CCC2(O)CCNC(N)=NC)C2(O)CC=CC1C2. The number of nitrogens with one attached hydrogen (secondary N) is 1. The van der Waals surface area contributed by atoms with Crippen molar-refractivity contribution >= 4 is 5.96 Å². The van der Waals surface area contributed by atoms with Crippen LogP contribution in [0.5, 0.6) is 0 Å². The molecule has 3 fully saturated rings. The molecule has 30 heavy (non-hydrogen) atoms. The molecule has 4 rings (SSSR count). The maximum atomic E-state index is 11.8. The van der Waals surface area contributed by atoms with Gasteiger partial charge in [-0.3, -0.25) is 4.99 Å². The summed E-state index contributed by atoms with van der Waals surface area (Å²) in [5.74, 6) is 2.02. The van der Waals surface area contributed by atoms with Gasteiger partial charge in [-0.15, -0.1) is 0 Å². The standard InChI is InChI=1S/C25H41N3O2/c1-17(18-7-4-3-5-8-18)20-15-22-21(25(30)11-6-9-19(20)16-25)10-12-24(22,29)13-14-28-23(26)27-2/h6,9,18-22,29-30H,1,3-5,7-8,10-16H2,2H3,(H3,26,27,28). The van der Waals surface area contributed by atoms with E-state index in [0.29, 0.717) is 36.7 Å². The zero-order valence-electron chi connectivity index (χ0n) is 18.7. The summed E-state index contributed by atoms with van der Waals surface area (Å²) >= 11 is 0. The van der Waals surface area contributed by atoms with E-state index in [4.69, 9.17) is 5.73 Å². The summed E-state index contributed by atoms with van der Waals surface area (Å²) in [4.78, 5) is 3.96. The predicted octanol–water partition coefficient (Wildman–Crippen LogP) is 3.52. The van der Waals surface area contributed by atoms with Crippen molar-refractivity contribution in [2.45, 2.75) is 81.8 Å². The molecule has 0 heterocycles. The molecule has 0 spiro atoms. The van der Waals surface area contributed by atoms with Crippen molar-refractivity contribution in [3.8, 4) is 0 Å². The van der Waals surface area contributed by atoms with Gasteiger partial charge in [0.25, 0.3) is 0 Å². The first-order valence-electron chi connectivity index (χ1n) is 12.1. The van der Waals surface area contributed by atoms with Crippen LogP contribution in [0.4, 0.5) is 0 Å². The highest BCUT2D eigenvalue weighted by Crippen LogP contribution is 2.58. The van der Waals surface area contributed by atoms with Gasteiger partial charge in [-0.1, -0.05) is 43.6 Å². The number of guanidine groups is 1. The van der Waals surface area contributed by atoms with Crippen LogP contribution >= 0.6 is 0 Å². The van der Waals surface area contributed by atoms with Gasteiger partial charge in [0.1, 0.15) is 0 Å². The third-order valence-electron chi connectivity index (χ3n) is 8.93. The Morgan fingerprint density at radius 1 is 1.20 bits per heavy atom. The maximum Gasteiger partial charge on any atom is 0.188 e. The zero-order valence-corrected chi connectivity index (χ0v) is 18.7. The van der Waals surface area contributed by atoms with Gasteiger partial charge in [0.2, 0.25) is 0 Å². The van der Waals surface area contributed by atoms with Gasteiger partial charge >= 0.3 is 0 Å². The van der Waals surface area contributed by atoms with Crippen LogP contribution in [0.1, 0.15) is 70.6 Å². The monoisotopic (exact) mass is 415 g/mol. The van der Waals surface area contributed by atoms with Crippen LogP contribution in [0.15, 0.2) is 29.3 Å². The molecular formula is C25H41N3O2. The van der Waals surface area contributed by atoms with Crippen LogP contribution in [-0.4, -0.2) is 41.0 Å². The van der Waals surface area contributed by atoms with Crippen molar-refractivity contribution in [2.24, 2.45) is 40.3 Å². The Hall–Kier alpha value is -1.33. The van der Waals surface area contributed by atoms with Crippen molar-refractivity contribution < 1.29 is 10.2 Å². The number of nitrogens with zero attached hydrogens (tertiary/aromatic N) is 1. The molecule has 0 saturated heterocycles. The Labute approximate surface area is 181 Å². The smallest absolute Gasteiger partial charge is 0.188 e. The quantitative estimate of drug-likeness (QED) is 0.314. The molecule has 0 aromatic rings. The van der Waals surface area contributed by atoms with E-state index in [2.05, 4.69) is 29.0 Å². The van der Waals surface area contributed by atoms with E-state index >= 15 is 0 Å². The molecule has 0 amide bonds. The lowest BCUT2D eigenvalue weighted by Gasteiger charge is -2.40. The van der Waals surface area contributed by atoms with Gasteiger partial charge in [-0.2, -0.15) is 0 Å². The molecule has 4 aliphatic rings. The molecular weight excluding hydrogens is 374 g/mol. The molecule has 5 nitrogen and oxygen atoms in total. The summed E-state index contributed by atoms with van der Waals surface area (Å²) in [6.07, 6.45) is 15.8. The zero-order chi connectivity index (χ0) is 21.4. The summed E-state index contributed by atoms with van der Waals surface area (Å²) in [6, 6.07) is 0. The van der Waals surface area contributed by atoms with Gasteiger partial charge in [0.15, 0.2) is 5.96 Å². The molecule has 0 aromatic carbocycles. The fraction of sp³-hybridized carbons (Fsp3) is 0.800. The number of rotatable bonds is 5. The summed E-state index contributed by atoms with van der Waals surface area (Å²) in [5.41, 5.74) is 5.74. The third-order valence-corrected chi connectivity index (χ3v) is 8.93. The molecule has 0 radical (unpaired) electrons. The Bertz CT molecular complexity index is 699. The predicted molar refractivity (Wildman–Crippen MR) is 122 cm³/mol. The lowest BCUT2D eigenvalue weighted by molar-refractivity contribution is -0.0745. The molecule has 3 saturated carbocycles. The van der Waals surface area contributed by atoms with Crippen molar-refractivity contribution in [3.05, 3.63) is 24.3 Å². The number of aliphatic imine (C=N–C) groups is 1. The van der Waals surface area contributed by atoms with Gasteiger partial charge in [-0.25, -0.2) is 0 Å².